The van der Waals surface area contributed by atoms with Crippen LogP contribution in [-0.2, 0) is 0 Å². The number of likely N-dealkylation sites (tertiary alicyclic amines) is 1. The normalized spacial score (nSPS) is 21.1. The number of nitrogens with zero attached hydrogens (tertiary/aromatic N) is 1. The zero-order chi connectivity index (χ0) is 13.6. The Bertz CT molecular complexity index is 453. The summed E-state index contributed by atoms with van der Waals surface area (Å²) in [5.41, 5.74) is 1.03. The van der Waals surface area contributed by atoms with Gasteiger partial charge in [-0.15, -0.1) is 0 Å². The van der Waals surface area contributed by atoms with E-state index < -0.39 is 30.8 Å². The van der Waals surface area contributed by atoms with E-state index in [1.165, 1.54) is 12.1 Å². The van der Waals surface area contributed by atoms with Crippen LogP contribution in [0.1, 0.15) is 15.9 Å². The summed E-state index contributed by atoms with van der Waals surface area (Å²) in [6, 6.07) is 6.12. The van der Waals surface area contributed by atoms with Crippen LogP contribution in [0.2, 0.25) is 0 Å². The van der Waals surface area contributed by atoms with Crippen molar-refractivity contribution in [3.63, 3.8) is 0 Å². The zero-order valence-corrected chi connectivity index (χ0v) is 9.59. The highest BCUT2D eigenvalue weighted by Crippen LogP contribution is 2.41. The second-order valence-electron chi connectivity index (χ2n) is 4.44. The number of halogens is 4. The first kappa shape index (κ1) is 12.9. The van der Waals surface area contributed by atoms with Crippen molar-refractivity contribution in [1.29, 1.82) is 0 Å². The maximum atomic E-state index is 13.0. The SMILES string of the molecule is Cc1ccc(C(=O)N2CC(F)(F)C(F)(F)C2)cc1. The third kappa shape index (κ3) is 2.07. The van der Waals surface area contributed by atoms with E-state index in [9.17, 15) is 22.4 Å². The standard InChI is InChI=1S/C12H11F4NO/c1-8-2-4-9(5-3-8)10(18)17-6-11(13,14)12(15,16)7-17/h2-5H,6-7H2,1H3. The molecule has 1 amide bonds. The van der Waals surface area contributed by atoms with E-state index in [1.807, 2.05) is 0 Å². The summed E-state index contributed by atoms with van der Waals surface area (Å²) >= 11 is 0. The fourth-order valence-electron chi connectivity index (χ4n) is 1.79. The molecule has 0 saturated carbocycles. The molecule has 0 spiro atoms. The smallest absolute Gasteiger partial charge is 0.326 e. The molecule has 1 saturated heterocycles. The molecule has 0 unspecified atom stereocenters. The third-order valence-electron chi connectivity index (χ3n) is 2.90. The molecule has 2 rings (SSSR count). The van der Waals surface area contributed by atoms with Crippen molar-refractivity contribution >= 4 is 5.91 Å². The summed E-state index contributed by atoms with van der Waals surface area (Å²) in [5.74, 6) is -9.12. The molecule has 1 aromatic carbocycles. The quantitative estimate of drug-likeness (QED) is 0.712. The average molecular weight is 261 g/mol. The van der Waals surface area contributed by atoms with Crippen molar-refractivity contribution in [2.45, 2.75) is 18.8 Å². The minimum atomic E-state index is -4.16. The molecule has 0 aliphatic carbocycles. The van der Waals surface area contributed by atoms with E-state index in [0.29, 0.717) is 4.90 Å². The first-order valence-electron chi connectivity index (χ1n) is 5.34. The number of carbonyl (C=O) groups is 1. The van der Waals surface area contributed by atoms with E-state index in [2.05, 4.69) is 0 Å². The average Bonchev–Trinajstić information content (AvgIpc) is 2.48. The second-order valence-corrected chi connectivity index (χ2v) is 4.44. The van der Waals surface area contributed by atoms with E-state index in [0.717, 1.165) is 5.56 Å². The predicted molar refractivity (Wildman–Crippen MR) is 57.0 cm³/mol. The van der Waals surface area contributed by atoms with Gasteiger partial charge in [-0.25, -0.2) is 0 Å². The van der Waals surface area contributed by atoms with Gasteiger partial charge in [-0.1, -0.05) is 17.7 Å². The summed E-state index contributed by atoms with van der Waals surface area (Å²) in [6.07, 6.45) is 0. The van der Waals surface area contributed by atoms with Crippen molar-refractivity contribution in [3.8, 4) is 0 Å². The Hall–Kier alpha value is -1.59. The van der Waals surface area contributed by atoms with Gasteiger partial charge in [0.15, 0.2) is 0 Å². The van der Waals surface area contributed by atoms with Crippen LogP contribution >= 0.6 is 0 Å². The van der Waals surface area contributed by atoms with E-state index in [4.69, 9.17) is 0 Å². The summed E-state index contributed by atoms with van der Waals surface area (Å²) in [7, 11) is 0. The van der Waals surface area contributed by atoms with E-state index >= 15 is 0 Å². The molecule has 98 valence electrons. The van der Waals surface area contributed by atoms with Gasteiger partial charge in [0.2, 0.25) is 0 Å². The number of aryl methyl sites for hydroxylation is 1. The minimum absolute atomic E-state index is 0.133. The minimum Gasteiger partial charge on any atom is -0.326 e. The molecule has 1 fully saturated rings. The predicted octanol–water partition coefficient (Wildman–Crippen LogP) is 2.72. The van der Waals surface area contributed by atoms with Crippen molar-refractivity contribution in [2.75, 3.05) is 13.1 Å². The van der Waals surface area contributed by atoms with Gasteiger partial charge < -0.3 is 4.90 Å². The number of alkyl halides is 4. The Labute approximate surface area is 101 Å². The van der Waals surface area contributed by atoms with Crippen LogP contribution in [0.4, 0.5) is 17.6 Å². The Balaban J connectivity index is 2.20. The highest BCUT2D eigenvalue weighted by atomic mass is 19.3. The first-order valence-corrected chi connectivity index (χ1v) is 5.34. The van der Waals surface area contributed by atoms with Gasteiger partial charge in [-0.2, -0.15) is 17.6 Å². The molecule has 1 aliphatic heterocycles. The summed E-state index contributed by atoms with van der Waals surface area (Å²) in [6.45, 7) is -0.689. The Morgan fingerprint density at radius 2 is 1.50 bits per heavy atom. The molecule has 1 aliphatic rings. The Morgan fingerprint density at radius 3 is 1.94 bits per heavy atom. The molecule has 0 aromatic heterocycles. The van der Waals surface area contributed by atoms with Crippen LogP contribution < -0.4 is 0 Å². The molecule has 0 radical (unpaired) electrons. The van der Waals surface area contributed by atoms with Gasteiger partial charge in [-0.3, -0.25) is 4.79 Å². The number of hydrogen-bond donors (Lipinski definition) is 0. The second kappa shape index (κ2) is 3.96. The summed E-state index contributed by atoms with van der Waals surface area (Å²) in [4.78, 5) is 12.3. The van der Waals surface area contributed by atoms with E-state index in [1.54, 1.807) is 19.1 Å². The summed E-state index contributed by atoms with van der Waals surface area (Å²) in [5, 5.41) is 0. The highest BCUT2D eigenvalue weighted by molar-refractivity contribution is 5.94. The molecule has 6 heteroatoms. The molecule has 1 heterocycles. The largest absolute Gasteiger partial charge is 0.329 e. The molecule has 0 atom stereocenters. The molecular weight excluding hydrogens is 250 g/mol. The Kier molecular flexibility index (Phi) is 2.83. The lowest BCUT2D eigenvalue weighted by Crippen LogP contribution is -2.38. The number of rotatable bonds is 1. The monoisotopic (exact) mass is 261 g/mol. The van der Waals surface area contributed by atoms with E-state index in [-0.39, 0.29) is 5.56 Å². The van der Waals surface area contributed by atoms with Crippen LogP contribution in [0.15, 0.2) is 24.3 Å². The van der Waals surface area contributed by atoms with Gasteiger partial charge in [0.1, 0.15) is 0 Å². The van der Waals surface area contributed by atoms with Crippen LogP contribution in [0, 0.1) is 6.92 Å². The topological polar surface area (TPSA) is 20.3 Å². The maximum Gasteiger partial charge on any atom is 0.329 e. The number of hydrogen-bond acceptors (Lipinski definition) is 1. The molecule has 0 bridgehead atoms. The molecule has 1 aromatic rings. The lowest BCUT2D eigenvalue weighted by molar-refractivity contribution is -0.172. The number of carbonyl (C=O) groups excluding carboxylic acids is 1. The van der Waals surface area contributed by atoms with Crippen LogP contribution in [-0.4, -0.2) is 35.7 Å². The first-order chi connectivity index (χ1) is 8.23. The van der Waals surface area contributed by atoms with Gasteiger partial charge in [0.25, 0.3) is 5.91 Å². The van der Waals surface area contributed by atoms with Crippen LogP contribution in [0.5, 0.6) is 0 Å². The van der Waals surface area contributed by atoms with Gasteiger partial charge in [-0.05, 0) is 19.1 Å². The fraction of sp³-hybridized carbons (Fsp3) is 0.417. The molecular formula is C12H11F4NO. The summed E-state index contributed by atoms with van der Waals surface area (Å²) < 4.78 is 51.9. The van der Waals surface area contributed by atoms with Gasteiger partial charge in [0.05, 0.1) is 13.1 Å². The maximum absolute atomic E-state index is 13.0. The van der Waals surface area contributed by atoms with Crippen molar-refractivity contribution in [3.05, 3.63) is 35.4 Å². The highest BCUT2D eigenvalue weighted by Gasteiger charge is 2.63. The van der Waals surface area contributed by atoms with Crippen molar-refractivity contribution in [1.82, 2.24) is 4.90 Å². The molecule has 18 heavy (non-hydrogen) atoms. The molecule has 2 nitrogen and oxygen atoms in total. The molecule has 0 N–H and O–H groups in total. The zero-order valence-electron chi connectivity index (χ0n) is 9.59. The third-order valence-corrected chi connectivity index (χ3v) is 2.90. The van der Waals surface area contributed by atoms with Crippen LogP contribution in [0.25, 0.3) is 0 Å². The van der Waals surface area contributed by atoms with Crippen LogP contribution in [0.3, 0.4) is 0 Å². The van der Waals surface area contributed by atoms with Crippen molar-refractivity contribution in [2.24, 2.45) is 0 Å². The number of benzene rings is 1. The number of amides is 1. The van der Waals surface area contributed by atoms with Crippen molar-refractivity contribution < 1.29 is 22.4 Å². The van der Waals surface area contributed by atoms with Gasteiger partial charge in [0, 0.05) is 5.56 Å². The lowest BCUT2D eigenvalue weighted by Gasteiger charge is -2.14. The lowest BCUT2D eigenvalue weighted by atomic mass is 10.1. The van der Waals surface area contributed by atoms with Gasteiger partial charge >= 0.3 is 11.8 Å². The Morgan fingerprint density at radius 1 is 1.06 bits per heavy atom. The fourth-order valence-corrected chi connectivity index (χ4v) is 1.79.